The number of benzene rings is 1. The van der Waals surface area contributed by atoms with Crippen molar-refractivity contribution in [1.82, 2.24) is 0 Å². The molecule has 1 aromatic rings. The van der Waals surface area contributed by atoms with Crippen molar-refractivity contribution in [2.24, 2.45) is 0 Å². The molecular weight excluding hydrogens is 194 g/mol. The molecule has 0 heterocycles. The topological polar surface area (TPSA) is 70.3 Å². The van der Waals surface area contributed by atoms with Gasteiger partial charge in [-0.3, -0.25) is 0 Å². The van der Waals surface area contributed by atoms with Crippen LogP contribution in [0.1, 0.15) is 18.1 Å². The third-order valence-corrected chi connectivity index (χ3v) is 1.92. The first-order chi connectivity index (χ1) is 7.17. The summed E-state index contributed by atoms with van der Waals surface area (Å²) in [6.45, 7) is 1.56. The van der Waals surface area contributed by atoms with Gasteiger partial charge in [0.05, 0.1) is 11.6 Å². The van der Waals surface area contributed by atoms with Crippen molar-refractivity contribution in [2.45, 2.75) is 13.3 Å². The molecule has 4 heteroatoms. The van der Waals surface area contributed by atoms with E-state index >= 15 is 0 Å². The van der Waals surface area contributed by atoms with Crippen LogP contribution in [0.15, 0.2) is 18.2 Å². The number of aryl methyl sites for hydroxylation is 1. The Kier molecular flexibility index (Phi) is 3.69. The molecule has 1 N–H and O–H groups in total. The van der Waals surface area contributed by atoms with Crippen LogP contribution >= 0.6 is 0 Å². The van der Waals surface area contributed by atoms with Crippen LogP contribution in [0.4, 0.5) is 0 Å². The summed E-state index contributed by atoms with van der Waals surface area (Å²) in [4.78, 5) is 10.3. The molecule has 0 atom stereocenters. The summed E-state index contributed by atoms with van der Waals surface area (Å²) in [6, 6.07) is 6.96. The van der Waals surface area contributed by atoms with E-state index < -0.39 is 5.97 Å². The maximum atomic E-state index is 10.3. The lowest BCUT2D eigenvalue weighted by molar-refractivity contribution is -0.139. The first-order valence-corrected chi connectivity index (χ1v) is 4.55. The molecule has 0 radical (unpaired) electrons. The molecule has 0 bridgehead atoms. The molecule has 1 rings (SSSR count). The van der Waals surface area contributed by atoms with Gasteiger partial charge in [-0.1, -0.05) is 6.92 Å². The SMILES string of the molecule is CCc1cc(C#N)ccc1OCC(=O)O. The molecule has 78 valence electrons. The summed E-state index contributed by atoms with van der Waals surface area (Å²) >= 11 is 0. The smallest absolute Gasteiger partial charge is 0.341 e. The Labute approximate surface area is 87.7 Å². The molecule has 0 saturated heterocycles. The van der Waals surface area contributed by atoms with Gasteiger partial charge in [-0.25, -0.2) is 4.79 Å². The molecule has 0 aliphatic heterocycles. The van der Waals surface area contributed by atoms with Crippen molar-refractivity contribution in [1.29, 1.82) is 5.26 Å². The fourth-order valence-corrected chi connectivity index (χ4v) is 1.21. The molecule has 0 spiro atoms. The first-order valence-electron chi connectivity index (χ1n) is 4.55. The number of rotatable bonds is 4. The number of nitrogens with zero attached hydrogens (tertiary/aromatic N) is 1. The lowest BCUT2D eigenvalue weighted by Crippen LogP contribution is -2.10. The zero-order chi connectivity index (χ0) is 11.3. The highest BCUT2D eigenvalue weighted by atomic mass is 16.5. The second kappa shape index (κ2) is 5.01. The molecule has 0 unspecified atom stereocenters. The van der Waals surface area contributed by atoms with Crippen LogP contribution in [0.3, 0.4) is 0 Å². The molecule has 0 saturated carbocycles. The van der Waals surface area contributed by atoms with Crippen LogP contribution in [0.2, 0.25) is 0 Å². The zero-order valence-electron chi connectivity index (χ0n) is 8.36. The Hall–Kier alpha value is -2.02. The molecule has 15 heavy (non-hydrogen) atoms. The average Bonchev–Trinajstić information content (AvgIpc) is 2.25. The summed E-state index contributed by atoms with van der Waals surface area (Å²) in [5.74, 6) is -0.486. The van der Waals surface area contributed by atoms with Gasteiger partial charge in [0.2, 0.25) is 0 Å². The van der Waals surface area contributed by atoms with E-state index in [1.165, 1.54) is 0 Å². The number of ether oxygens (including phenoxy) is 1. The average molecular weight is 205 g/mol. The van der Waals surface area contributed by atoms with Crippen molar-refractivity contribution in [2.75, 3.05) is 6.61 Å². The van der Waals surface area contributed by atoms with Gasteiger partial charge in [0.25, 0.3) is 0 Å². The first kappa shape index (κ1) is 11.1. The highest BCUT2D eigenvalue weighted by Crippen LogP contribution is 2.20. The molecule has 0 aliphatic rings. The third kappa shape index (κ3) is 2.99. The van der Waals surface area contributed by atoms with Crippen LogP contribution < -0.4 is 4.74 Å². The number of carboxylic acid groups (broad SMARTS) is 1. The molecular formula is C11H11NO3. The van der Waals surface area contributed by atoms with Crippen molar-refractivity contribution in [3.63, 3.8) is 0 Å². The standard InChI is InChI=1S/C11H11NO3/c1-2-9-5-8(6-12)3-4-10(9)15-7-11(13)14/h3-5H,2,7H2,1H3,(H,13,14). The summed E-state index contributed by atoms with van der Waals surface area (Å²) in [7, 11) is 0. The Morgan fingerprint density at radius 2 is 2.33 bits per heavy atom. The van der Waals surface area contributed by atoms with E-state index in [-0.39, 0.29) is 6.61 Å². The van der Waals surface area contributed by atoms with Crippen LogP contribution in [0.25, 0.3) is 0 Å². The van der Waals surface area contributed by atoms with Gasteiger partial charge in [0.1, 0.15) is 5.75 Å². The van der Waals surface area contributed by atoms with Gasteiger partial charge >= 0.3 is 5.97 Å². The fraction of sp³-hybridized carbons (Fsp3) is 0.273. The van der Waals surface area contributed by atoms with E-state index in [9.17, 15) is 4.79 Å². The molecule has 0 aliphatic carbocycles. The van der Waals surface area contributed by atoms with Crippen molar-refractivity contribution in [3.8, 4) is 11.8 Å². The van der Waals surface area contributed by atoms with Gasteiger partial charge in [-0.05, 0) is 30.2 Å². The maximum absolute atomic E-state index is 10.3. The number of hydrogen-bond donors (Lipinski definition) is 1. The van der Waals surface area contributed by atoms with Crippen LogP contribution in [0, 0.1) is 11.3 Å². The number of carboxylic acids is 1. The summed E-state index contributed by atoms with van der Waals surface area (Å²) in [6.07, 6.45) is 0.699. The lowest BCUT2D eigenvalue weighted by Gasteiger charge is -2.08. The maximum Gasteiger partial charge on any atom is 0.341 e. The van der Waals surface area contributed by atoms with Gasteiger partial charge in [0, 0.05) is 0 Å². The Morgan fingerprint density at radius 3 is 2.87 bits per heavy atom. The minimum Gasteiger partial charge on any atom is -0.482 e. The summed E-state index contributed by atoms with van der Waals surface area (Å²) < 4.78 is 5.08. The lowest BCUT2D eigenvalue weighted by atomic mass is 10.1. The monoisotopic (exact) mass is 205 g/mol. The van der Waals surface area contributed by atoms with Gasteiger partial charge in [-0.2, -0.15) is 5.26 Å². The minimum atomic E-state index is -1.01. The van der Waals surface area contributed by atoms with Gasteiger partial charge < -0.3 is 9.84 Å². The number of hydrogen-bond acceptors (Lipinski definition) is 3. The highest BCUT2D eigenvalue weighted by Gasteiger charge is 2.05. The zero-order valence-corrected chi connectivity index (χ0v) is 8.36. The number of nitriles is 1. The van der Waals surface area contributed by atoms with E-state index in [1.54, 1.807) is 18.2 Å². The Balaban J connectivity index is 2.88. The highest BCUT2D eigenvalue weighted by molar-refractivity contribution is 5.68. The van der Waals surface area contributed by atoms with Crippen LogP contribution in [0.5, 0.6) is 5.75 Å². The molecule has 0 fully saturated rings. The van der Waals surface area contributed by atoms with E-state index in [2.05, 4.69) is 0 Å². The number of aliphatic carboxylic acids is 1. The van der Waals surface area contributed by atoms with Crippen LogP contribution in [-0.2, 0) is 11.2 Å². The van der Waals surface area contributed by atoms with Crippen molar-refractivity contribution in [3.05, 3.63) is 29.3 Å². The predicted octanol–water partition coefficient (Wildman–Crippen LogP) is 1.58. The molecule has 0 aromatic heterocycles. The largest absolute Gasteiger partial charge is 0.482 e. The number of carbonyl (C=O) groups is 1. The Bertz CT molecular complexity index is 407. The van der Waals surface area contributed by atoms with Crippen LogP contribution in [-0.4, -0.2) is 17.7 Å². The van der Waals surface area contributed by atoms with Crippen molar-refractivity contribution >= 4 is 5.97 Å². The molecule has 0 amide bonds. The molecule has 1 aromatic carbocycles. The van der Waals surface area contributed by atoms with E-state index in [0.717, 1.165) is 5.56 Å². The second-order valence-corrected chi connectivity index (χ2v) is 2.97. The predicted molar refractivity (Wildman–Crippen MR) is 53.7 cm³/mol. The third-order valence-electron chi connectivity index (χ3n) is 1.92. The Morgan fingerprint density at radius 1 is 1.60 bits per heavy atom. The van der Waals surface area contributed by atoms with Gasteiger partial charge in [-0.15, -0.1) is 0 Å². The quantitative estimate of drug-likeness (QED) is 0.810. The normalized spacial score (nSPS) is 9.33. The fourth-order valence-electron chi connectivity index (χ4n) is 1.21. The van der Waals surface area contributed by atoms with Gasteiger partial charge in [0.15, 0.2) is 6.61 Å². The summed E-state index contributed by atoms with van der Waals surface area (Å²) in [5.41, 5.74) is 1.39. The summed E-state index contributed by atoms with van der Waals surface area (Å²) in [5, 5.41) is 17.1. The molecule has 4 nitrogen and oxygen atoms in total. The van der Waals surface area contributed by atoms with E-state index in [0.29, 0.717) is 17.7 Å². The van der Waals surface area contributed by atoms with Crippen molar-refractivity contribution < 1.29 is 14.6 Å². The van der Waals surface area contributed by atoms with E-state index in [1.807, 2.05) is 13.0 Å². The minimum absolute atomic E-state index is 0.362. The van der Waals surface area contributed by atoms with E-state index in [4.69, 9.17) is 15.1 Å². The second-order valence-electron chi connectivity index (χ2n) is 2.97.